The summed E-state index contributed by atoms with van der Waals surface area (Å²) in [5.41, 5.74) is 19.4. The molecule has 3 saturated heterocycles. The minimum Gasteiger partial charge on any atom is -0.370 e. The maximum atomic E-state index is 15.0. The Labute approximate surface area is 462 Å². The van der Waals surface area contributed by atoms with Gasteiger partial charge in [0.05, 0.1) is 6.42 Å². The number of amides is 10. The minimum absolute atomic E-state index is 0.0391. The van der Waals surface area contributed by atoms with Crippen LogP contribution >= 0.6 is 0 Å². The summed E-state index contributed by atoms with van der Waals surface area (Å²) in [5, 5.41) is 20.1. The number of primary amides is 1. The molecule has 428 valence electrons. The molecule has 1 aromatic heterocycles. The molecule has 0 unspecified atom stereocenters. The third-order valence-corrected chi connectivity index (χ3v) is 14.6. The fourth-order valence-electron chi connectivity index (χ4n) is 10.6. The Balaban J connectivity index is 1.26. The molecular weight excluding hydrogens is 1030 g/mol. The number of allylic oxidation sites excluding steroid dienone is 1. The molecule has 0 spiro atoms. The molecule has 0 bridgehead atoms. The number of likely N-dealkylation sites (tertiary alicyclic amines) is 2. The summed E-state index contributed by atoms with van der Waals surface area (Å²) in [6.45, 7) is 1.67. The summed E-state index contributed by atoms with van der Waals surface area (Å²) in [6, 6.07) is 5.93. The molecule has 3 fully saturated rings. The maximum absolute atomic E-state index is 15.0. The van der Waals surface area contributed by atoms with E-state index < -0.39 is 114 Å². The molecule has 4 aliphatic rings. The maximum Gasteiger partial charge on any atom is 0.246 e. The molecule has 0 aliphatic carbocycles. The number of H-pyrrole nitrogens is 1. The molecule has 2 aromatic carbocycles. The van der Waals surface area contributed by atoms with Crippen molar-refractivity contribution in [2.24, 2.45) is 27.2 Å². The van der Waals surface area contributed by atoms with E-state index in [-0.39, 0.29) is 89.9 Å². The number of carbonyl (C=O) groups is 10. The van der Waals surface area contributed by atoms with Gasteiger partial charge in [0.2, 0.25) is 59.1 Å². The van der Waals surface area contributed by atoms with Crippen LogP contribution in [-0.2, 0) is 60.8 Å². The summed E-state index contributed by atoms with van der Waals surface area (Å²) in [4.78, 5) is 156. The van der Waals surface area contributed by atoms with Crippen molar-refractivity contribution in [1.29, 1.82) is 0 Å². The molecule has 25 heteroatoms. The van der Waals surface area contributed by atoms with E-state index in [1.54, 1.807) is 54.9 Å². The normalized spacial score (nSPS) is 24.8. The lowest BCUT2D eigenvalue weighted by atomic mass is 10.0. The number of nitrogens with zero attached hydrogens (tertiary/aromatic N) is 4. The van der Waals surface area contributed by atoms with Gasteiger partial charge in [-0.05, 0) is 75.0 Å². The zero-order chi connectivity index (χ0) is 57.3. The van der Waals surface area contributed by atoms with Gasteiger partial charge in [-0.25, -0.2) is 0 Å². The van der Waals surface area contributed by atoms with Crippen LogP contribution in [0.5, 0.6) is 0 Å². The summed E-state index contributed by atoms with van der Waals surface area (Å²) in [7, 11) is 0. The van der Waals surface area contributed by atoms with Crippen LogP contribution in [-0.4, -0.2) is 161 Å². The molecule has 25 nitrogen and oxygen atoms in total. The zero-order valence-electron chi connectivity index (χ0n) is 44.9. The molecule has 5 heterocycles. The van der Waals surface area contributed by atoms with E-state index in [4.69, 9.17) is 17.2 Å². The Morgan fingerprint density at radius 1 is 0.688 bits per heavy atom. The highest BCUT2D eigenvalue weighted by Crippen LogP contribution is 2.27. The molecule has 3 aromatic rings. The highest BCUT2D eigenvalue weighted by molar-refractivity contribution is 6.00. The quantitative estimate of drug-likeness (QED) is 0.0518. The first-order valence-electron chi connectivity index (χ1n) is 27.3. The van der Waals surface area contributed by atoms with Gasteiger partial charge in [-0.2, -0.15) is 0 Å². The monoisotopic (exact) mass is 1100 g/mol. The van der Waals surface area contributed by atoms with Gasteiger partial charge in [-0.3, -0.25) is 57.9 Å². The number of nitrogens with one attached hydrogen (secondary N) is 8. The second-order valence-electron chi connectivity index (χ2n) is 20.5. The average molecular weight is 1100 g/mol. The lowest BCUT2D eigenvalue weighted by molar-refractivity contribution is -0.148. The Morgan fingerprint density at radius 3 is 2.00 bits per heavy atom. The van der Waals surface area contributed by atoms with E-state index in [0.717, 1.165) is 10.9 Å². The molecule has 0 radical (unpaired) electrons. The number of aliphatic imine (C=N–C) groups is 2. The average Bonchev–Trinajstić information content (AvgIpc) is 4.33. The third kappa shape index (κ3) is 16.2. The summed E-state index contributed by atoms with van der Waals surface area (Å²) in [5.74, 6) is -7.27. The van der Waals surface area contributed by atoms with Gasteiger partial charge < -0.3 is 69.2 Å². The molecule has 7 rings (SSSR count). The van der Waals surface area contributed by atoms with Gasteiger partial charge in [0.1, 0.15) is 48.3 Å². The topological polar surface area (TPSA) is 380 Å². The van der Waals surface area contributed by atoms with Gasteiger partial charge in [-0.1, -0.05) is 54.6 Å². The van der Waals surface area contributed by atoms with E-state index >= 15 is 4.79 Å². The molecule has 8 atom stereocenters. The number of aromatic nitrogens is 1. The largest absolute Gasteiger partial charge is 0.370 e. The first-order valence-corrected chi connectivity index (χ1v) is 27.3. The Bertz CT molecular complexity index is 2870. The van der Waals surface area contributed by atoms with Crippen LogP contribution in [0.15, 0.2) is 82.6 Å². The number of hydrogen-bond acceptors (Lipinski definition) is 12. The van der Waals surface area contributed by atoms with Gasteiger partial charge in [-0.15, -0.1) is 0 Å². The van der Waals surface area contributed by atoms with Crippen LogP contribution in [0, 0.1) is 0 Å². The smallest absolute Gasteiger partial charge is 0.246 e. The number of fused-ring (bicyclic) bond motifs is 1. The number of rotatable bonds is 14. The van der Waals surface area contributed by atoms with Crippen molar-refractivity contribution in [1.82, 2.24) is 52.0 Å². The van der Waals surface area contributed by atoms with Crippen LogP contribution in [0.1, 0.15) is 95.1 Å². The van der Waals surface area contributed by atoms with Crippen molar-refractivity contribution in [2.75, 3.05) is 26.2 Å². The minimum atomic E-state index is -1.59. The van der Waals surface area contributed by atoms with E-state index in [9.17, 15) is 43.2 Å². The molecule has 10 amide bonds. The van der Waals surface area contributed by atoms with Crippen LogP contribution in [0.2, 0.25) is 0 Å². The first kappa shape index (κ1) is 59.0. The highest BCUT2D eigenvalue weighted by atomic mass is 16.2. The molecule has 4 aliphatic heterocycles. The summed E-state index contributed by atoms with van der Waals surface area (Å²) >= 11 is 0. The molecule has 80 heavy (non-hydrogen) atoms. The number of para-hydroxylation sites is 1. The molecule has 14 N–H and O–H groups in total. The second kappa shape index (κ2) is 28.3. The SMILES string of the molecule is CC(=O)N[C@H]1CCCCNC(=O)C[C@@H](C(=O)N2CCC[C@H]2C(=O)N2CCC[C@H]2C(N)=O)NC(=O)[C@H](Cc2c[nH]c3ccccc23)NC(=O)[C@H](CCCN=C(N)N)NC(=O)[C@@H](Cc2ccccc2)NC(=O)[C@H](CC2=CCC=N2)NC1=O. The van der Waals surface area contributed by atoms with Crippen molar-refractivity contribution in [3.63, 3.8) is 0 Å². The number of nitrogens with two attached hydrogens (primary N) is 3. The van der Waals surface area contributed by atoms with Crippen LogP contribution in [0.25, 0.3) is 10.9 Å². The molecule has 0 saturated carbocycles. The van der Waals surface area contributed by atoms with Crippen molar-refractivity contribution in [2.45, 2.75) is 145 Å². The van der Waals surface area contributed by atoms with Crippen LogP contribution in [0.3, 0.4) is 0 Å². The fourth-order valence-corrected chi connectivity index (χ4v) is 10.6. The fraction of sp³-hybridized carbons (Fsp3) is 0.491. The Kier molecular flexibility index (Phi) is 20.9. The standard InChI is InChI=1S/C55H73N15O10/c1-32(71)63-38-18-7-8-22-60-46(72)30-43(53(79)70-26-12-21-45(70)54(80)69-25-11-20-44(69)47(56)73)68-51(77)41(28-34-31-62-37-17-6-5-16-36(34)37)66-49(75)39(19-10-24-61-55(57)58)64-50(76)40(27-33-13-3-2-4-14-33)65-52(78)42(67-48(38)74)29-35-15-9-23-59-35/h2-6,13-17,23,31,38-45,62H,7-12,18-22,24-30H2,1H3,(H2,56,73)(H,60,72)(H,63,71)(H,64,76)(H,65,78)(H,66,75)(H,67,74)(H,68,77)(H4,57,58,61)/t38-,39-,40+,41-,42-,43-,44-,45-/m0/s1. The number of benzene rings is 2. The predicted octanol–water partition coefficient (Wildman–Crippen LogP) is -1.16. The van der Waals surface area contributed by atoms with Crippen molar-refractivity contribution in [3.05, 3.63) is 83.7 Å². The number of carbonyl (C=O) groups excluding carboxylic acids is 10. The highest BCUT2D eigenvalue weighted by Gasteiger charge is 2.44. The third-order valence-electron chi connectivity index (χ3n) is 14.6. The lowest BCUT2D eigenvalue weighted by Crippen LogP contribution is -2.61. The van der Waals surface area contributed by atoms with E-state index in [1.807, 2.05) is 18.2 Å². The van der Waals surface area contributed by atoms with E-state index in [1.165, 1.54) is 16.7 Å². The van der Waals surface area contributed by atoms with Crippen LogP contribution in [0.4, 0.5) is 0 Å². The molecular formula is C55H73N15O10. The second-order valence-corrected chi connectivity index (χ2v) is 20.5. The van der Waals surface area contributed by atoms with Crippen molar-refractivity contribution in [3.8, 4) is 0 Å². The zero-order valence-corrected chi connectivity index (χ0v) is 44.9. The predicted molar refractivity (Wildman–Crippen MR) is 295 cm³/mol. The summed E-state index contributed by atoms with van der Waals surface area (Å²) < 4.78 is 0. The van der Waals surface area contributed by atoms with Crippen LogP contribution < -0.4 is 54.4 Å². The first-order chi connectivity index (χ1) is 38.4. The Hall–Kier alpha value is -8.64. The van der Waals surface area contributed by atoms with Gasteiger partial charge >= 0.3 is 0 Å². The Morgan fingerprint density at radius 2 is 1.31 bits per heavy atom. The van der Waals surface area contributed by atoms with Crippen molar-refractivity contribution < 1.29 is 47.9 Å². The van der Waals surface area contributed by atoms with Crippen molar-refractivity contribution >= 4 is 82.1 Å². The lowest BCUT2D eigenvalue weighted by Gasteiger charge is -2.33. The number of hydrogen-bond donors (Lipinski definition) is 11. The number of guanidine groups is 1. The van der Waals surface area contributed by atoms with Gasteiger partial charge in [0.15, 0.2) is 5.96 Å². The van der Waals surface area contributed by atoms with E-state index in [2.05, 4.69) is 52.2 Å². The van der Waals surface area contributed by atoms with E-state index in [0.29, 0.717) is 42.5 Å². The number of aromatic amines is 1. The van der Waals surface area contributed by atoms with Gasteiger partial charge in [0.25, 0.3) is 0 Å². The van der Waals surface area contributed by atoms with Gasteiger partial charge in [0, 0.05) is 87.8 Å². The summed E-state index contributed by atoms with van der Waals surface area (Å²) in [6.07, 6.45) is 6.95.